The Balaban J connectivity index is 1.75. The Labute approximate surface area is 166 Å². The van der Waals surface area contributed by atoms with Crippen LogP contribution >= 0.6 is 11.8 Å². The number of hydrogen-bond acceptors (Lipinski definition) is 7. The summed E-state index contributed by atoms with van der Waals surface area (Å²) in [5.74, 6) is 0.00308. The van der Waals surface area contributed by atoms with Crippen LogP contribution in [0.5, 0.6) is 5.75 Å². The largest absolute Gasteiger partial charge is 0.477 e. The van der Waals surface area contributed by atoms with Crippen molar-refractivity contribution in [3.63, 3.8) is 0 Å². The molecule has 0 N–H and O–H groups in total. The number of nitrogens with zero attached hydrogens (tertiary/aromatic N) is 3. The van der Waals surface area contributed by atoms with Crippen molar-refractivity contribution in [2.24, 2.45) is 5.10 Å². The van der Waals surface area contributed by atoms with Crippen LogP contribution in [-0.4, -0.2) is 34.6 Å². The standard InChI is InChI=1S/C19H19N3O5S/c1-12-4-9-17(16(10-12)22(24)25)26-11-18-20-21(13(2)23)19(27-18)14-5-7-15(28-3)8-6-14/h4-10,19H,11H2,1-3H3. The van der Waals surface area contributed by atoms with Crippen molar-refractivity contribution in [1.82, 2.24) is 5.01 Å². The van der Waals surface area contributed by atoms with Gasteiger partial charge in [-0.05, 0) is 36.9 Å². The van der Waals surface area contributed by atoms with E-state index >= 15 is 0 Å². The molecule has 0 saturated heterocycles. The van der Waals surface area contributed by atoms with E-state index in [1.54, 1.807) is 24.8 Å². The number of carbonyl (C=O) groups is 1. The summed E-state index contributed by atoms with van der Waals surface area (Å²) >= 11 is 1.61. The van der Waals surface area contributed by atoms with Crippen LogP contribution in [0.2, 0.25) is 0 Å². The molecule has 146 valence electrons. The van der Waals surface area contributed by atoms with Crippen molar-refractivity contribution in [2.75, 3.05) is 12.9 Å². The molecule has 1 aliphatic rings. The van der Waals surface area contributed by atoms with Crippen LogP contribution in [0.3, 0.4) is 0 Å². The van der Waals surface area contributed by atoms with E-state index in [0.29, 0.717) is 0 Å². The molecule has 3 rings (SSSR count). The van der Waals surface area contributed by atoms with Gasteiger partial charge in [0.2, 0.25) is 18.0 Å². The van der Waals surface area contributed by atoms with Crippen molar-refractivity contribution in [1.29, 1.82) is 0 Å². The van der Waals surface area contributed by atoms with Crippen LogP contribution in [0.4, 0.5) is 5.69 Å². The SMILES string of the molecule is CSc1ccc(C2OC(COc3ccc(C)cc3[N+](=O)[O-])=NN2C(C)=O)cc1. The average molecular weight is 401 g/mol. The summed E-state index contributed by atoms with van der Waals surface area (Å²) in [6.07, 6.45) is 1.28. The van der Waals surface area contributed by atoms with Crippen molar-refractivity contribution in [2.45, 2.75) is 25.0 Å². The normalized spacial score (nSPS) is 15.8. The zero-order chi connectivity index (χ0) is 20.3. The lowest BCUT2D eigenvalue weighted by Gasteiger charge is -2.19. The highest BCUT2D eigenvalue weighted by Crippen LogP contribution is 2.31. The first-order valence-corrected chi connectivity index (χ1v) is 9.67. The van der Waals surface area contributed by atoms with Gasteiger partial charge in [-0.2, -0.15) is 5.01 Å². The van der Waals surface area contributed by atoms with Gasteiger partial charge in [0.05, 0.1) is 4.92 Å². The smallest absolute Gasteiger partial charge is 0.311 e. The molecule has 1 aliphatic heterocycles. The first-order chi connectivity index (χ1) is 13.4. The molecule has 2 aromatic rings. The van der Waals surface area contributed by atoms with Crippen molar-refractivity contribution in [3.05, 3.63) is 63.7 Å². The number of nitro groups is 1. The molecule has 0 bridgehead atoms. The van der Waals surface area contributed by atoms with Gasteiger partial charge in [-0.25, -0.2) is 0 Å². The Bertz CT molecular complexity index is 930. The van der Waals surface area contributed by atoms with Crippen LogP contribution in [0.15, 0.2) is 52.5 Å². The number of hydrazone groups is 1. The first kappa shape index (κ1) is 19.7. The average Bonchev–Trinajstić information content (AvgIpc) is 3.11. The lowest BCUT2D eigenvalue weighted by Crippen LogP contribution is -2.25. The lowest BCUT2D eigenvalue weighted by atomic mass is 10.2. The highest BCUT2D eigenvalue weighted by molar-refractivity contribution is 7.98. The Morgan fingerprint density at radius 2 is 2.04 bits per heavy atom. The van der Waals surface area contributed by atoms with Gasteiger partial charge >= 0.3 is 5.69 Å². The molecule has 1 amide bonds. The Hall–Kier alpha value is -3.07. The lowest BCUT2D eigenvalue weighted by molar-refractivity contribution is -0.385. The molecule has 1 unspecified atom stereocenters. The van der Waals surface area contributed by atoms with E-state index in [4.69, 9.17) is 9.47 Å². The topological polar surface area (TPSA) is 94.3 Å². The fourth-order valence-corrected chi connectivity index (χ4v) is 3.09. The Morgan fingerprint density at radius 3 is 2.64 bits per heavy atom. The predicted molar refractivity (Wildman–Crippen MR) is 105 cm³/mol. The highest BCUT2D eigenvalue weighted by atomic mass is 32.2. The zero-order valence-electron chi connectivity index (χ0n) is 15.6. The number of hydrogen-bond donors (Lipinski definition) is 0. The van der Waals surface area contributed by atoms with Gasteiger partial charge in [0.1, 0.15) is 0 Å². The Kier molecular flexibility index (Phi) is 5.84. The first-order valence-electron chi connectivity index (χ1n) is 8.44. The van der Waals surface area contributed by atoms with Gasteiger partial charge in [-0.3, -0.25) is 14.9 Å². The molecule has 0 aromatic heterocycles. The quantitative estimate of drug-likeness (QED) is 0.414. The number of rotatable bonds is 6. The van der Waals surface area contributed by atoms with Crippen LogP contribution in [0.1, 0.15) is 24.3 Å². The van der Waals surface area contributed by atoms with E-state index in [-0.39, 0.29) is 29.8 Å². The summed E-state index contributed by atoms with van der Waals surface area (Å²) in [7, 11) is 0. The number of nitro benzene ring substituents is 1. The maximum Gasteiger partial charge on any atom is 0.311 e. The van der Waals surface area contributed by atoms with E-state index in [1.807, 2.05) is 30.5 Å². The van der Waals surface area contributed by atoms with E-state index < -0.39 is 11.2 Å². The molecule has 0 aliphatic carbocycles. The van der Waals surface area contributed by atoms with Gasteiger partial charge in [0.25, 0.3) is 0 Å². The molecule has 1 atom stereocenters. The third-order valence-electron chi connectivity index (χ3n) is 4.07. The molecule has 8 nitrogen and oxygen atoms in total. The Morgan fingerprint density at radius 1 is 1.32 bits per heavy atom. The van der Waals surface area contributed by atoms with Crippen molar-refractivity contribution >= 4 is 29.3 Å². The highest BCUT2D eigenvalue weighted by Gasteiger charge is 2.33. The fraction of sp³-hybridized carbons (Fsp3) is 0.263. The summed E-state index contributed by atoms with van der Waals surface area (Å²) in [5.41, 5.74) is 1.39. The molecule has 0 spiro atoms. The van der Waals surface area contributed by atoms with E-state index in [1.165, 1.54) is 24.1 Å². The molecular formula is C19H19N3O5S. The molecular weight excluding hydrogens is 382 g/mol. The van der Waals surface area contributed by atoms with Gasteiger partial charge in [0, 0.05) is 23.4 Å². The van der Waals surface area contributed by atoms with Crippen LogP contribution < -0.4 is 4.74 Å². The number of ether oxygens (including phenoxy) is 2. The minimum absolute atomic E-state index is 0.115. The monoisotopic (exact) mass is 401 g/mol. The third-order valence-corrected chi connectivity index (χ3v) is 4.82. The number of thioether (sulfide) groups is 1. The van der Waals surface area contributed by atoms with Gasteiger partial charge in [0.15, 0.2) is 12.4 Å². The number of aryl methyl sites for hydroxylation is 1. The van der Waals surface area contributed by atoms with Crippen LogP contribution in [0.25, 0.3) is 0 Å². The van der Waals surface area contributed by atoms with E-state index in [0.717, 1.165) is 16.0 Å². The maximum absolute atomic E-state index is 12.0. The zero-order valence-corrected chi connectivity index (χ0v) is 16.4. The van der Waals surface area contributed by atoms with Crippen molar-refractivity contribution in [3.8, 4) is 5.75 Å². The van der Waals surface area contributed by atoms with Gasteiger partial charge < -0.3 is 9.47 Å². The molecule has 2 aromatic carbocycles. The second-order valence-electron chi connectivity index (χ2n) is 6.12. The van der Waals surface area contributed by atoms with Crippen molar-refractivity contribution < 1.29 is 19.2 Å². The summed E-state index contributed by atoms with van der Waals surface area (Å²) in [4.78, 5) is 23.8. The van der Waals surface area contributed by atoms with E-state index in [2.05, 4.69) is 5.10 Å². The maximum atomic E-state index is 12.0. The van der Waals surface area contributed by atoms with E-state index in [9.17, 15) is 14.9 Å². The summed E-state index contributed by atoms with van der Waals surface area (Å²) in [5, 5.41) is 16.6. The van der Waals surface area contributed by atoms with Crippen LogP contribution in [-0.2, 0) is 9.53 Å². The molecule has 1 heterocycles. The molecule has 0 radical (unpaired) electrons. The molecule has 28 heavy (non-hydrogen) atoms. The summed E-state index contributed by atoms with van der Waals surface area (Å²) in [6, 6.07) is 12.3. The fourth-order valence-electron chi connectivity index (χ4n) is 2.68. The molecule has 9 heteroatoms. The number of benzene rings is 2. The van der Waals surface area contributed by atoms with Gasteiger partial charge in [-0.1, -0.05) is 18.2 Å². The number of amides is 1. The third kappa shape index (κ3) is 4.25. The second-order valence-corrected chi connectivity index (χ2v) is 7.00. The predicted octanol–water partition coefficient (Wildman–Crippen LogP) is 3.89. The minimum atomic E-state index is -0.694. The summed E-state index contributed by atoms with van der Waals surface area (Å²) < 4.78 is 11.3. The molecule has 0 fully saturated rings. The molecule has 0 saturated carbocycles. The van der Waals surface area contributed by atoms with Gasteiger partial charge in [-0.15, -0.1) is 16.9 Å². The van der Waals surface area contributed by atoms with Crippen LogP contribution in [0, 0.1) is 17.0 Å². The number of carbonyl (C=O) groups excluding carboxylic acids is 1. The second kappa shape index (κ2) is 8.30. The minimum Gasteiger partial charge on any atom is -0.477 e. The summed E-state index contributed by atoms with van der Waals surface area (Å²) in [6.45, 7) is 3.02.